The Labute approximate surface area is 127 Å². The lowest BCUT2D eigenvalue weighted by molar-refractivity contribution is -0.141. The van der Waals surface area contributed by atoms with Gasteiger partial charge in [0.25, 0.3) is 5.91 Å². The fraction of sp³-hybridized carbons (Fsp3) is 0.312. The third kappa shape index (κ3) is 2.86. The first-order valence-corrected chi connectivity index (χ1v) is 7.26. The van der Waals surface area contributed by atoms with Crippen molar-refractivity contribution < 1.29 is 14.7 Å². The molecule has 1 aromatic heterocycles. The summed E-state index contributed by atoms with van der Waals surface area (Å²) in [5, 5.41) is 11.9. The highest BCUT2D eigenvalue weighted by atomic mass is 16.4. The number of carboxylic acid groups (broad SMARTS) is 1. The molecule has 114 valence electrons. The zero-order valence-corrected chi connectivity index (χ0v) is 12.0. The van der Waals surface area contributed by atoms with E-state index in [1.165, 1.54) is 6.20 Å². The van der Waals surface area contributed by atoms with Crippen molar-refractivity contribution in [2.24, 2.45) is 5.92 Å². The fourth-order valence-corrected chi connectivity index (χ4v) is 2.85. The lowest BCUT2D eigenvalue weighted by atomic mass is 10.1. The standard InChI is InChI=1S/C16H17N3O3/c20-15(18-12-7-6-11(8-12)16(21)22)14-9-17-10-19(14)13-4-2-1-3-5-13/h1-5,9-12H,6-8H2,(H,18,20)(H,21,22)/t11-,12+/m1/s1. The maximum absolute atomic E-state index is 12.4. The first-order chi connectivity index (χ1) is 10.6. The van der Waals surface area contributed by atoms with E-state index >= 15 is 0 Å². The summed E-state index contributed by atoms with van der Waals surface area (Å²) in [5.74, 6) is -1.37. The van der Waals surface area contributed by atoms with Crippen LogP contribution in [0.5, 0.6) is 0 Å². The number of carbonyl (C=O) groups is 2. The Hall–Kier alpha value is -2.63. The zero-order chi connectivity index (χ0) is 15.5. The van der Waals surface area contributed by atoms with Crippen molar-refractivity contribution in [3.05, 3.63) is 48.5 Å². The van der Waals surface area contributed by atoms with E-state index in [4.69, 9.17) is 5.11 Å². The molecule has 6 nitrogen and oxygen atoms in total. The SMILES string of the molecule is O=C(N[C@H]1CC[C@@H](C(=O)O)C1)c1cncn1-c1ccccc1. The van der Waals surface area contributed by atoms with Crippen molar-refractivity contribution in [1.82, 2.24) is 14.9 Å². The first-order valence-electron chi connectivity index (χ1n) is 7.26. The molecule has 0 spiro atoms. The van der Waals surface area contributed by atoms with E-state index in [9.17, 15) is 9.59 Å². The van der Waals surface area contributed by atoms with Crippen molar-refractivity contribution in [1.29, 1.82) is 0 Å². The number of benzene rings is 1. The van der Waals surface area contributed by atoms with Crippen LogP contribution in [-0.2, 0) is 4.79 Å². The van der Waals surface area contributed by atoms with Crippen molar-refractivity contribution in [2.45, 2.75) is 25.3 Å². The van der Waals surface area contributed by atoms with Gasteiger partial charge >= 0.3 is 5.97 Å². The molecule has 2 atom stereocenters. The highest BCUT2D eigenvalue weighted by molar-refractivity contribution is 5.93. The van der Waals surface area contributed by atoms with Crippen LogP contribution >= 0.6 is 0 Å². The summed E-state index contributed by atoms with van der Waals surface area (Å²) in [6.45, 7) is 0. The largest absolute Gasteiger partial charge is 0.481 e. The summed E-state index contributed by atoms with van der Waals surface area (Å²) in [5.41, 5.74) is 1.31. The third-order valence-corrected chi connectivity index (χ3v) is 4.02. The van der Waals surface area contributed by atoms with Crippen molar-refractivity contribution >= 4 is 11.9 Å². The topological polar surface area (TPSA) is 84.2 Å². The molecule has 1 aliphatic carbocycles. The number of rotatable bonds is 4. The van der Waals surface area contributed by atoms with E-state index in [0.29, 0.717) is 25.0 Å². The van der Waals surface area contributed by atoms with E-state index in [2.05, 4.69) is 10.3 Å². The summed E-state index contributed by atoms with van der Waals surface area (Å²) >= 11 is 0. The molecule has 1 aliphatic rings. The van der Waals surface area contributed by atoms with Gasteiger partial charge in [-0.05, 0) is 31.4 Å². The zero-order valence-electron chi connectivity index (χ0n) is 12.0. The second-order valence-corrected chi connectivity index (χ2v) is 5.50. The number of carbonyl (C=O) groups excluding carboxylic acids is 1. The number of aliphatic carboxylic acids is 1. The Kier molecular flexibility index (Phi) is 3.91. The normalized spacial score (nSPS) is 20.7. The molecular weight excluding hydrogens is 282 g/mol. The number of hydrogen-bond donors (Lipinski definition) is 2. The molecule has 0 bridgehead atoms. The van der Waals surface area contributed by atoms with Crippen LogP contribution in [0.2, 0.25) is 0 Å². The Morgan fingerprint density at radius 3 is 2.68 bits per heavy atom. The van der Waals surface area contributed by atoms with Crippen molar-refractivity contribution in [3.8, 4) is 5.69 Å². The molecule has 22 heavy (non-hydrogen) atoms. The average Bonchev–Trinajstić information content (AvgIpc) is 3.17. The molecule has 3 rings (SSSR count). The average molecular weight is 299 g/mol. The van der Waals surface area contributed by atoms with Gasteiger partial charge in [0.2, 0.25) is 0 Å². The lowest BCUT2D eigenvalue weighted by Gasteiger charge is -2.13. The molecule has 0 aliphatic heterocycles. The number of para-hydroxylation sites is 1. The second-order valence-electron chi connectivity index (χ2n) is 5.50. The van der Waals surface area contributed by atoms with Gasteiger partial charge in [-0.3, -0.25) is 14.2 Å². The van der Waals surface area contributed by atoms with E-state index in [-0.39, 0.29) is 17.9 Å². The van der Waals surface area contributed by atoms with Gasteiger partial charge in [-0.15, -0.1) is 0 Å². The number of nitrogens with one attached hydrogen (secondary N) is 1. The molecule has 0 radical (unpaired) electrons. The first kappa shape index (κ1) is 14.3. The van der Waals surface area contributed by atoms with Crippen LogP contribution in [0.1, 0.15) is 29.8 Å². The number of carboxylic acids is 1. The van der Waals surface area contributed by atoms with Gasteiger partial charge < -0.3 is 10.4 Å². The summed E-state index contributed by atoms with van der Waals surface area (Å²) in [6, 6.07) is 9.40. The Balaban J connectivity index is 1.72. The second kappa shape index (κ2) is 6.01. The monoisotopic (exact) mass is 299 g/mol. The van der Waals surface area contributed by atoms with E-state index in [1.807, 2.05) is 30.3 Å². The minimum absolute atomic E-state index is 0.0901. The van der Waals surface area contributed by atoms with Crippen LogP contribution in [-0.4, -0.2) is 32.6 Å². The number of amides is 1. The minimum atomic E-state index is -0.786. The number of aromatic nitrogens is 2. The van der Waals surface area contributed by atoms with Gasteiger partial charge in [0.15, 0.2) is 0 Å². The molecule has 0 saturated heterocycles. The van der Waals surface area contributed by atoms with Crippen LogP contribution in [0.15, 0.2) is 42.9 Å². The molecule has 1 saturated carbocycles. The predicted octanol–water partition coefficient (Wildman–Crippen LogP) is 1.86. The molecule has 2 aromatic rings. The van der Waals surface area contributed by atoms with Crippen LogP contribution in [0, 0.1) is 5.92 Å². The molecule has 2 N–H and O–H groups in total. The smallest absolute Gasteiger partial charge is 0.306 e. The molecule has 0 unspecified atom stereocenters. The number of hydrogen-bond acceptors (Lipinski definition) is 3. The molecule has 1 fully saturated rings. The molecule has 1 amide bonds. The summed E-state index contributed by atoms with van der Waals surface area (Å²) < 4.78 is 1.72. The van der Waals surface area contributed by atoms with Gasteiger partial charge in [-0.2, -0.15) is 0 Å². The number of nitrogens with zero attached hydrogens (tertiary/aromatic N) is 2. The van der Waals surface area contributed by atoms with E-state index < -0.39 is 5.97 Å². The fourth-order valence-electron chi connectivity index (χ4n) is 2.85. The maximum Gasteiger partial charge on any atom is 0.306 e. The predicted molar refractivity (Wildman–Crippen MR) is 79.8 cm³/mol. The van der Waals surface area contributed by atoms with Gasteiger partial charge in [-0.1, -0.05) is 18.2 Å². The van der Waals surface area contributed by atoms with Crippen LogP contribution in [0.4, 0.5) is 0 Å². The van der Waals surface area contributed by atoms with Crippen LogP contribution in [0.3, 0.4) is 0 Å². The summed E-state index contributed by atoms with van der Waals surface area (Å²) in [6.07, 6.45) is 4.91. The Morgan fingerprint density at radius 2 is 2.00 bits per heavy atom. The highest BCUT2D eigenvalue weighted by Gasteiger charge is 2.31. The third-order valence-electron chi connectivity index (χ3n) is 4.02. The van der Waals surface area contributed by atoms with Gasteiger partial charge in [-0.25, -0.2) is 4.98 Å². The van der Waals surface area contributed by atoms with Gasteiger partial charge in [0, 0.05) is 11.7 Å². The molecular formula is C16H17N3O3. The lowest BCUT2D eigenvalue weighted by Crippen LogP contribution is -2.34. The highest BCUT2D eigenvalue weighted by Crippen LogP contribution is 2.26. The maximum atomic E-state index is 12.4. The van der Waals surface area contributed by atoms with E-state index in [0.717, 1.165) is 5.69 Å². The summed E-state index contributed by atoms with van der Waals surface area (Å²) in [4.78, 5) is 27.4. The Morgan fingerprint density at radius 1 is 1.23 bits per heavy atom. The van der Waals surface area contributed by atoms with Crippen LogP contribution < -0.4 is 5.32 Å². The number of imidazole rings is 1. The van der Waals surface area contributed by atoms with E-state index in [1.54, 1.807) is 10.9 Å². The van der Waals surface area contributed by atoms with Crippen LogP contribution in [0.25, 0.3) is 5.69 Å². The van der Waals surface area contributed by atoms with Gasteiger partial charge in [0.05, 0.1) is 18.4 Å². The molecule has 1 aromatic carbocycles. The Bertz CT molecular complexity index is 681. The van der Waals surface area contributed by atoms with Crippen molar-refractivity contribution in [2.75, 3.05) is 0 Å². The quantitative estimate of drug-likeness (QED) is 0.902. The molecule has 6 heteroatoms. The minimum Gasteiger partial charge on any atom is -0.481 e. The molecule has 1 heterocycles. The summed E-state index contributed by atoms with van der Waals surface area (Å²) in [7, 11) is 0. The van der Waals surface area contributed by atoms with Crippen molar-refractivity contribution in [3.63, 3.8) is 0 Å². The van der Waals surface area contributed by atoms with Gasteiger partial charge in [0.1, 0.15) is 5.69 Å².